The molecule has 0 aliphatic heterocycles. The van der Waals surface area contributed by atoms with Crippen LogP contribution in [0.5, 0.6) is 0 Å². The fraction of sp³-hybridized carbons (Fsp3) is 0.154. The molecule has 0 aliphatic rings. The molecule has 1 heterocycles. The summed E-state index contributed by atoms with van der Waals surface area (Å²) < 4.78 is 1.42. The van der Waals surface area contributed by atoms with Crippen molar-refractivity contribution in [2.75, 3.05) is 10.6 Å². The Kier molecular flexibility index (Phi) is 6.47. The normalized spacial score (nSPS) is 11.8. The van der Waals surface area contributed by atoms with Crippen LogP contribution in [0.4, 0.5) is 11.4 Å². The summed E-state index contributed by atoms with van der Waals surface area (Å²) in [6, 6.07) is 18.5. The number of aryl methyl sites for hydroxylation is 1. The highest BCUT2D eigenvalue weighted by molar-refractivity contribution is 6.33. The number of hydrogen-bond acceptors (Lipinski definition) is 4. The zero-order valence-electron chi connectivity index (χ0n) is 18.9. The van der Waals surface area contributed by atoms with Crippen molar-refractivity contribution >= 4 is 45.8 Å². The fourth-order valence-electron chi connectivity index (χ4n) is 3.78. The van der Waals surface area contributed by atoms with Gasteiger partial charge < -0.3 is 10.6 Å². The van der Waals surface area contributed by atoms with Crippen LogP contribution in [0.3, 0.4) is 0 Å². The second kappa shape index (κ2) is 9.49. The highest BCUT2D eigenvalue weighted by Gasteiger charge is 2.23. The zero-order valence-corrected chi connectivity index (χ0v) is 19.7. The van der Waals surface area contributed by atoms with Crippen molar-refractivity contribution in [1.29, 1.82) is 0 Å². The Labute approximate surface area is 201 Å². The number of halogens is 1. The van der Waals surface area contributed by atoms with Gasteiger partial charge in [-0.2, -0.15) is 0 Å². The van der Waals surface area contributed by atoms with E-state index >= 15 is 0 Å². The van der Waals surface area contributed by atoms with Crippen LogP contribution in [-0.2, 0) is 9.59 Å². The summed E-state index contributed by atoms with van der Waals surface area (Å²) in [7, 11) is 0. The molecule has 8 heteroatoms. The summed E-state index contributed by atoms with van der Waals surface area (Å²) in [6.45, 7) is 4.94. The molecule has 4 rings (SSSR count). The van der Waals surface area contributed by atoms with E-state index in [-0.39, 0.29) is 11.6 Å². The number of hydrogen-bond donors (Lipinski definition) is 2. The van der Waals surface area contributed by atoms with E-state index in [1.807, 2.05) is 19.1 Å². The molecule has 1 aromatic heterocycles. The molecule has 1 atom stereocenters. The third kappa shape index (κ3) is 4.56. The van der Waals surface area contributed by atoms with Gasteiger partial charge in [0.05, 0.1) is 27.4 Å². The molecular formula is C26H23ClN4O3. The van der Waals surface area contributed by atoms with Crippen LogP contribution in [0.15, 0.2) is 71.5 Å². The maximum absolute atomic E-state index is 13.8. The summed E-state index contributed by atoms with van der Waals surface area (Å²) in [5.74, 6) is -0.664. The number of carbonyl (C=O) groups is 2. The van der Waals surface area contributed by atoms with Gasteiger partial charge in [0.15, 0.2) is 0 Å². The largest absolute Gasteiger partial charge is 0.326 e. The molecule has 34 heavy (non-hydrogen) atoms. The second-order valence-corrected chi connectivity index (χ2v) is 8.41. The van der Waals surface area contributed by atoms with Crippen LogP contribution in [0.2, 0.25) is 5.02 Å². The van der Waals surface area contributed by atoms with Crippen molar-refractivity contribution in [1.82, 2.24) is 9.55 Å². The predicted octanol–water partition coefficient (Wildman–Crippen LogP) is 5.18. The van der Waals surface area contributed by atoms with Crippen molar-refractivity contribution in [3.63, 3.8) is 0 Å². The molecule has 2 N–H and O–H groups in total. The maximum Gasteiger partial charge on any atom is 0.278 e. The monoisotopic (exact) mass is 474 g/mol. The Morgan fingerprint density at radius 2 is 1.68 bits per heavy atom. The van der Waals surface area contributed by atoms with Gasteiger partial charge in [0.1, 0.15) is 11.7 Å². The van der Waals surface area contributed by atoms with E-state index < -0.39 is 17.5 Å². The summed E-state index contributed by atoms with van der Waals surface area (Å²) in [4.78, 5) is 43.3. The summed E-state index contributed by atoms with van der Waals surface area (Å²) in [5.41, 5.74) is 3.07. The van der Waals surface area contributed by atoms with Crippen molar-refractivity contribution in [3.8, 4) is 11.3 Å². The van der Waals surface area contributed by atoms with Crippen LogP contribution in [-0.4, -0.2) is 21.4 Å². The second-order valence-electron chi connectivity index (χ2n) is 8.00. The standard InChI is InChI=1S/C26H23ClN4O3/c1-15-12-13-20(28-17(3)32)18(14-15)24-26(34)31(23-11-7-6-10-22(23)29-24)16(2)25(33)30-21-9-5-4-8-19(21)27/h4-14,16H,1-3H3,(H,28,32)(H,30,33)/t16-/m0/s1. The van der Waals surface area contributed by atoms with Crippen LogP contribution in [0.1, 0.15) is 25.5 Å². The van der Waals surface area contributed by atoms with E-state index in [1.54, 1.807) is 61.5 Å². The molecule has 7 nitrogen and oxygen atoms in total. The Morgan fingerprint density at radius 1 is 0.971 bits per heavy atom. The fourth-order valence-corrected chi connectivity index (χ4v) is 3.97. The number of aromatic nitrogens is 2. The minimum Gasteiger partial charge on any atom is -0.326 e. The highest BCUT2D eigenvalue weighted by atomic mass is 35.5. The molecule has 3 aromatic carbocycles. The van der Waals surface area contributed by atoms with E-state index in [0.717, 1.165) is 5.56 Å². The van der Waals surface area contributed by atoms with Gasteiger partial charge in [0, 0.05) is 12.5 Å². The quantitative estimate of drug-likeness (QED) is 0.416. The molecule has 172 valence electrons. The van der Waals surface area contributed by atoms with Gasteiger partial charge in [-0.3, -0.25) is 19.0 Å². The molecule has 0 fully saturated rings. The van der Waals surface area contributed by atoms with Gasteiger partial charge in [-0.05, 0) is 50.2 Å². The van der Waals surface area contributed by atoms with Crippen LogP contribution < -0.4 is 16.2 Å². The van der Waals surface area contributed by atoms with Crippen molar-refractivity contribution in [3.05, 3.63) is 87.7 Å². The summed E-state index contributed by atoms with van der Waals surface area (Å²) in [5, 5.41) is 5.96. The van der Waals surface area contributed by atoms with E-state index in [4.69, 9.17) is 11.6 Å². The summed E-state index contributed by atoms with van der Waals surface area (Å²) >= 11 is 6.20. The Hall–Kier alpha value is -3.97. The van der Waals surface area contributed by atoms with Gasteiger partial charge in [0.2, 0.25) is 11.8 Å². The van der Waals surface area contributed by atoms with Gasteiger partial charge in [-0.25, -0.2) is 4.98 Å². The minimum absolute atomic E-state index is 0.142. The molecule has 0 spiro atoms. The van der Waals surface area contributed by atoms with E-state index in [0.29, 0.717) is 33.0 Å². The zero-order chi connectivity index (χ0) is 24.4. The SMILES string of the molecule is CC(=O)Nc1ccc(C)cc1-c1nc2ccccc2n([C@@H](C)C(=O)Nc2ccccc2Cl)c1=O. The molecule has 4 aromatic rings. The number of nitrogens with one attached hydrogen (secondary N) is 2. The van der Waals surface area contributed by atoms with E-state index in [1.165, 1.54) is 11.5 Å². The lowest BCUT2D eigenvalue weighted by Gasteiger charge is -2.20. The number of benzene rings is 3. The molecule has 0 saturated heterocycles. The third-order valence-electron chi connectivity index (χ3n) is 5.43. The number of rotatable bonds is 5. The van der Waals surface area contributed by atoms with Gasteiger partial charge in [-0.15, -0.1) is 0 Å². The first-order valence-electron chi connectivity index (χ1n) is 10.7. The van der Waals surface area contributed by atoms with Crippen molar-refractivity contribution in [2.45, 2.75) is 26.8 Å². The lowest BCUT2D eigenvalue weighted by molar-refractivity contribution is -0.118. The Bertz CT molecular complexity index is 1480. The number of anilines is 2. The summed E-state index contributed by atoms with van der Waals surface area (Å²) in [6.07, 6.45) is 0. The molecular weight excluding hydrogens is 452 g/mol. The molecule has 0 aliphatic carbocycles. The smallest absolute Gasteiger partial charge is 0.278 e. The Morgan fingerprint density at radius 3 is 2.41 bits per heavy atom. The highest BCUT2D eigenvalue weighted by Crippen LogP contribution is 2.28. The molecule has 0 saturated carbocycles. The number of para-hydroxylation sites is 3. The van der Waals surface area contributed by atoms with Gasteiger partial charge >= 0.3 is 0 Å². The third-order valence-corrected chi connectivity index (χ3v) is 5.76. The number of amides is 2. The average Bonchev–Trinajstić information content (AvgIpc) is 2.80. The lowest BCUT2D eigenvalue weighted by atomic mass is 10.1. The minimum atomic E-state index is -0.871. The van der Waals surface area contributed by atoms with Crippen molar-refractivity contribution in [2.24, 2.45) is 0 Å². The van der Waals surface area contributed by atoms with Crippen LogP contribution in [0, 0.1) is 6.92 Å². The number of fused-ring (bicyclic) bond motifs is 1. The lowest BCUT2D eigenvalue weighted by Crippen LogP contribution is -2.33. The molecule has 0 bridgehead atoms. The number of nitrogens with zero attached hydrogens (tertiary/aromatic N) is 2. The van der Waals surface area contributed by atoms with E-state index in [2.05, 4.69) is 15.6 Å². The van der Waals surface area contributed by atoms with Gasteiger partial charge in [-0.1, -0.05) is 47.5 Å². The van der Waals surface area contributed by atoms with Crippen molar-refractivity contribution < 1.29 is 9.59 Å². The van der Waals surface area contributed by atoms with Crippen LogP contribution >= 0.6 is 11.6 Å². The maximum atomic E-state index is 13.8. The molecule has 0 radical (unpaired) electrons. The molecule has 2 amide bonds. The first-order chi connectivity index (χ1) is 16.3. The first-order valence-corrected chi connectivity index (χ1v) is 11.1. The topological polar surface area (TPSA) is 93.1 Å². The van der Waals surface area contributed by atoms with Gasteiger partial charge in [0.25, 0.3) is 5.56 Å². The number of carbonyl (C=O) groups excluding carboxylic acids is 2. The predicted molar refractivity (Wildman–Crippen MR) is 135 cm³/mol. The molecule has 0 unspecified atom stereocenters. The van der Waals surface area contributed by atoms with Crippen LogP contribution in [0.25, 0.3) is 22.3 Å². The van der Waals surface area contributed by atoms with E-state index in [9.17, 15) is 14.4 Å². The average molecular weight is 475 g/mol. The Balaban J connectivity index is 1.89. The first kappa shape index (κ1) is 23.2.